The largest absolute Gasteiger partial charge is 0.493 e. The van der Waals surface area contributed by atoms with Gasteiger partial charge in [0.25, 0.3) is 0 Å². The maximum Gasteiger partial charge on any atom is 0.240 e. The zero-order chi connectivity index (χ0) is 25.7. The Morgan fingerprint density at radius 3 is 2.56 bits per heavy atom. The molecule has 1 aliphatic rings. The van der Waals surface area contributed by atoms with Crippen LogP contribution in [-0.4, -0.2) is 68.4 Å². The summed E-state index contributed by atoms with van der Waals surface area (Å²) in [6.07, 6.45) is 0. The molecule has 2 heterocycles. The zero-order valence-electron chi connectivity index (χ0n) is 20.8. The molecule has 1 aromatic heterocycles. The van der Waals surface area contributed by atoms with E-state index in [0.29, 0.717) is 30.5 Å². The number of thioether (sulfide) groups is 1. The van der Waals surface area contributed by atoms with Crippen LogP contribution in [0.4, 0.5) is 5.82 Å². The summed E-state index contributed by atoms with van der Waals surface area (Å²) in [5, 5.41) is 7.40. The van der Waals surface area contributed by atoms with Crippen LogP contribution in [-0.2, 0) is 21.4 Å². The lowest BCUT2D eigenvalue weighted by Crippen LogP contribution is -2.43. The maximum atomic E-state index is 13.4. The number of carbonyl (C=O) groups is 2. The Kier molecular flexibility index (Phi) is 8.17. The molecule has 2 amide bonds. The number of hydrogen-bond donors (Lipinski definition) is 1. The molecule has 1 aliphatic heterocycles. The van der Waals surface area contributed by atoms with Crippen molar-refractivity contribution in [3.8, 4) is 22.8 Å². The van der Waals surface area contributed by atoms with E-state index in [9.17, 15) is 9.59 Å². The highest BCUT2D eigenvalue weighted by molar-refractivity contribution is 8.00. The molecule has 10 heteroatoms. The van der Waals surface area contributed by atoms with Crippen molar-refractivity contribution in [2.24, 2.45) is 7.05 Å². The van der Waals surface area contributed by atoms with Gasteiger partial charge in [-0.1, -0.05) is 36.4 Å². The highest BCUT2D eigenvalue weighted by Crippen LogP contribution is 2.48. The Morgan fingerprint density at radius 1 is 1.11 bits per heavy atom. The maximum absolute atomic E-state index is 13.4. The van der Waals surface area contributed by atoms with Crippen molar-refractivity contribution in [1.29, 1.82) is 0 Å². The summed E-state index contributed by atoms with van der Waals surface area (Å²) >= 11 is 1.50. The SMILES string of the molecule is COCCNC(=O)CN1C(=O)CSC(c2ccc(OC)c(OC)c2)c2c(-c3ccccc3)nn(C)c21. The first-order chi connectivity index (χ1) is 17.5. The van der Waals surface area contributed by atoms with Gasteiger partial charge < -0.3 is 19.5 Å². The fraction of sp³-hybridized carbons (Fsp3) is 0.346. The number of aryl methyl sites for hydroxylation is 1. The number of benzene rings is 2. The van der Waals surface area contributed by atoms with Gasteiger partial charge in [0.15, 0.2) is 11.5 Å². The van der Waals surface area contributed by atoms with Crippen molar-refractivity contribution < 1.29 is 23.8 Å². The topological polar surface area (TPSA) is 94.9 Å². The summed E-state index contributed by atoms with van der Waals surface area (Å²) in [4.78, 5) is 27.6. The third-order valence-electron chi connectivity index (χ3n) is 5.93. The van der Waals surface area contributed by atoms with E-state index in [0.717, 1.165) is 22.4 Å². The van der Waals surface area contributed by atoms with Gasteiger partial charge >= 0.3 is 0 Å². The first-order valence-electron chi connectivity index (χ1n) is 11.5. The van der Waals surface area contributed by atoms with Crippen molar-refractivity contribution in [2.75, 3.05) is 51.7 Å². The fourth-order valence-electron chi connectivity index (χ4n) is 4.27. The van der Waals surface area contributed by atoms with Gasteiger partial charge in [-0.3, -0.25) is 19.2 Å². The molecule has 3 aromatic rings. The second-order valence-electron chi connectivity index (χ2n) is 8.20. The van der Waals surface area contributed by atoms with Crippen molar-refractivity contribution in [3.05, 3.63) is 59.7 Å². The molecular formula is C26H30N4O5S. The molecule has 2 aromatic carbocycles. The Hall–Kier alpha value is -3.50. The van der Waals surface area contributed by atoms with E-state index in [2.05, 4.69) is 5.32 Å². The minimum Gasteiger partial charge on any atom is -0.493 e. The average molecular weight is 511 g/mol. The number of methoxy groups -OCH3 is 3. The molecule has 0 radical (unpaired) electrons. The number of nitrogens with one attached hydrogen (secondary N) is 1. The minimum atomic E-state index is -0.261. The molecule has 0 saturated carbocycles. The number of ether oxygens (including phenoxy) is 3. The Labute approximate surface area is 214 Å². The van der Waals surface area contributed by atoms with E-state index >= 15 is 0 Å². The Bertz CT molecular complexity index is 1230. The molecule has 4 rings (SSSR count). The molecule has 0 saturated heterocycles. The van der Waals surface area contributed by atoms with Crippen molar-refractivity contribution in [2.45, 2.75) is 5.25 Å². The first-order valence-corrected chi connectivity index (χ1v) is 12.5. The average Bonchev–Trinajstić information content (AvgIpc) is 3.16. The van der Waals surface area contributed by atoms with Crippen LogP contribution >= 0.6 is 11.8 Å². The Morgan fingerprint density at radius 2 is 1.86 bits per heavy atom. The highest BCUT2D eigenvalue weighted by atomic mass is 32.2. The quantitative estimate of drug-likeness (QED) is 0.442. The summed E-state index contributed by atoms with van der Waals surface area (Å²) in [7, 11) is 6.57. The fourth-order valence-corrected chi connectivity index (χ4v) is 5.46. The molecule has 0 bridgehead atoms. The number of anilines is 1. The van der Waals surface area contributed by atoms with Crippen LogP contribution in [0.1, 0.15) is 16.4 Å². The van der Waals surface area contributed by atoms with E-state index < -0.39 is 0 Å². The number of amides is 2. The third-order valence-corrected chi connectivity index (χ3v) is 7.19. The van der Waals surface area contributed by atoms with Gasteiger partial charge in [0, 0.05) is 31.8 Å². The van der Waals surface area contributed by atoms with Gasteiger partial charge in [-0.2, -0.15) is 5.10 Å². The standard InChI is InChI=1S/C26H30N4O5S/c1-29-26-23(24(28-29)17-8-6-5-7-9-17)25(18-10-11-19(34-3)20(14-18)35-4)36-16-22(32)30(26)15-21(31)27-12-13-33-2/h5-11,14,25H,12-13,15-16H2,1-4H3,(H,27,31). The smallest absolute Gasteiger partial charge is 0.240 e. The van der Waals surface area contributed by atoms with Gasteiger partial charge in [-0.25, -0.2) is 0 Å². The van der Waals surface area contributed by atoms with Gasteiger partial charge in [0.1, 0.15) is 12.4 Å². The van der Waals surface area contributed by atoms with Gasteiger partial charge in [0.2, 0.25) is 11.8 Å². The zero-order valence-corrected chi connectivity index (χ0v) is 21.6. The lowest BCUT2D eigenvalue weighted by molar-refractivity contribution is -0.123. The van der Waals surface area contributed by atoms with Crippen LogP contribution in [0.5, 0.6) is 11.5 Å². The van der Waals surface area contributed by atoms with Crippen LogP contribution < -0.4 is 19.7 Å². The predicted molar refractivity (Wildman–Crippen MR) is 140 cm³/mol. The number of hydrogen-bond acceptors (Lipinski definition) is 7. The predicted octanol–water partition coefficient (Wildman–Crippen LogP) is 3.04. The lowest BCUT2D eigenvalue weighted by Gasteiger charge is -2.22. The molecule has 9 nitrogen and oxygen atoms in total. The van der Waals surface area contributed by atoms with Crippen LogP contribution in [0.25, 0.3) is 11.3 Å². The molecule has 190 valence electrons. The summed E-state index contributed by atoms with van der Waals surface area (Å²) in [6, 6.07) is 15.6. The van der Waals surface area contributed by atoms with E-state index in [4.69, 9.17) is 19.3 Å². The summed E-state index contributed by atoms with van der Waals surface area (Å²) in [5.74, 6) is 1.61. The number of rotatable bonds is 9. The van der Waals surface area contributed by atoms with Crippen LogP contribution in [0.2, 0.25) is 0 Å². The van der Waals surface area contributed by atoms with Crippen LogP contribution in [0.3, 0.4) is 0 Å². The van der Waals surface area contributed by atoms with Crippen molar-refractivity contribution in [3.63, 3.8) is 0 Å². The first kappa shape index (κ1) is 25.6. The van der Waals surface area contributed by atoms with Gasteiger partial charge in [-0.05, 0) is 17.7 Å². The van der Waals surface area contributed by atoms with Gasteiger partial charge in [-0.15, -0.1) is 11.8 Å². The molecule has 0 aliphatic carbocycles. The van der Waals surface area contributed by atoms with Crippen molar-refractivity contribution >= 4 is 29.4 Å². The number of carbonyl (C=O) groups excluding carboxylic acids is 2. The molecule has 1 unspecified atom stereocenters. The van der Waals surface area contributed by atoms with Crippen LogP contribution in [0, 0.1) is 0 Å². The molecule has 0 fully saturated rings. The highest BCUT2D eigenvalue weighted by Gasteiger charge is 2.36. The second kappa shape index (κ2) is 11.5. The van der Waals surface area contributed by atoms with E-state index in [1.807, 2.05) is 48.5 Å². The van der Waals surface area contributed by atoms with Gasteiger partial charge in [0.05, 0.1) is 37.5 Å². The molecule has 1 N–H and O–H groups in total. The number of aromatic nitrogens is 2. The molecule has 1 atom stereocenters. The van der Waals surface area contributed by atoms with Crippen molar-refractivity contribution in [1.82, 2.24) is 15.1 Å². The minimum absolute atomic E-state index is 0.109. The molecular weight excluding hydrogens is 480 g/mol. The number of nitrogens with zero attached hydrogens (tertiary/aromatic N) is 3. The number of fused-ring (bicyclic) bond motifs is 1. The monoisotopic (exact) mass is 510 g/mol. The third kappa shape index (κ3) is 5.19. The molecule has 36 heavy (non-hydrogen) atoms. The normalized spacial score (nSPS) is 15.3. The second-order valence-corrected chi connectivity index (χ2v) is 9.30. The van der Waals surface area contributed by atoms with Crippen LogP contribution in [0.15, 0.2) is 48.5 Å². The van der Waals surface area contributed by atoms with E-state index in [1.54, 1.807) is 33.1 Å². The summed E-state index contributed by atoms with van der Waals surface area (Å²) in [6.45, 7) is 0.655. The lowest BCUT2D eigenvalue weighted by atomic mass is 9.99. The summed E-state index contributed by atoms with van der Waals surface area (Å²) in [5.41, 5.74) is 3.51. The summed E-state index contributed by atoms with van der Waals surface area (Å²) < 4.78 is 17.7. The van der Waals surface area contributed by atoms with E-state index in [1.165, 1.54) is 16.7 Å². The Balaban J connectivity index is 1.84. The van der Waals surface area contributed by atoms with E-state index in [-0.39, 0.29) is 29.4 Å². The molecule has 0 spiro atoms.